The summed E-state index contributed by atoms with van der Waals surface area (Å²) in [5.74, 6) is 0.381. The Morgan fingerprint density at radius 3 is 2.47 bits per heavy atom. The van der Waals surface area contributed by atoms with E-state index in [-0.39, 0.29) is 17.2 Å². The molecule has 3 aromatic carbocycles. The Morgan fingerprint density at radius 1 is 1.07 bits per heavy atom. The second kappa shape index (κ2) is 8.94. The van der Waals surface area contributed by atoms with Gasteiger partial charge < -0.3 is 5.32 Å². The number of hydrogen-bond donors (Lipinski definition) is 1. The van der Waals surface area contributed by atoms with Gasteiger partial charge in [0.25, 0.3) is 5.91 Å². The topological polar surface area (TPSA) is 49.4 Å². The number of thioether (sulfide) groups is 1. The van der Waals surface area contributed by atoms with Crippen molar-refractivity contribution in [3.8, 4) is 0 Å². The molecular weight excluding hydrogens is 416 g/mol. The summed E-state index contributed by atoms with van der Waals surface area (Å²) in [6, 6.07) is 22.5. The molecule has 1 fully saturated rings. The smallest absolute Gasteiger partial charge is 0.255 e. The predicted octanol–water partition coefficient (Wildman–Crippen LogP) is 5.93. The van der Waals surface area contributed by atoms with Crippen LogP contribution in [0.3, 0.4) is 0 Å². The van der Waals surface area contributed by atoms with Crippen LogP contribution in [0.25, 0.3) is 0 Å². The van der Waals surface area contributed by atoms with E-state index in [9.17, 15) is 9.59 Å². The van der Waals surface area contributed by atoms with Gasteiger partial charge in [-0.3, -0.25) is 14.5 Å². The van der Waals surface area contributed by atoms with Gasteiger partial charge in [-0.2, -0.15) is 0 Å². The van der Waals surface area contributed by atoms with Crippen LogP contribution in [-0.4, -0.2) is 17.6 Å². The molecule has 0 bridgehead atoms. The number of nitrogens with zero attached hydrogens (tertiary/aromatic N) is 1. The van der Waals surface area contributed by atoms with Crippen LogP contribution in [0.2, 0.25) is 5.02 Å². The van der Waals surface area contributed by atoms with E-state index >= 15 is 0 Å². The Hall–Kier alpha value is -2.76. The molecule has 0 radical (unpaired) electrons. The van der Waals surface area contributed by atoms with E-state index in [0.717, 1.165) is 23.2 Å². The van der Waals surface area contributed by atoms with Gasteiger partial charge in [0.1, 0.15) is 5.37 Å². The van der Waals surface area contributed by atoms with E-state index in [0.29, 0.717) is 22.0 Å². The van der Waals surface area contributed by atoms with Crippen molar-refractivity contribution in [3.63, 3.8) is 0 Å². The number of amides is 2. The van der Waals surface area contributed by atoms with E-state index in [1.165, 1.54) is 0 Å². The number of carbonyl (C=O) groups is 2. The molecule has 0 spiro atoms. The van der Waals surface area contributed by atoms with Crippen molar-refractivity contribution in [1.82, 2.24) is 0 Å². The Kier molecular flexibility index (Phi) is 6.11. The lowest BCUT2D eigenvalue weighted by Crippen LogP contribution is -2.28. The summed E-state index contributed by atoms with van der Waals surface area (Å²) in [6.07, 6.45) is 0.868. The molecule has 1 heterocycles. The van der Waals surface area contributed by atoms with Crippen LogP contribution in [-0.2, 0) is 11.2 Å². The summed E-state index contributed by atoms with van der Waals surface area (Å²) in [5, 5.41) is 3.41. The fraction of sp³-hybridized carbons (Fsp3) is 0.167. The molecule has 1 saturated heterocycles. The molecule has 4 nitrogen and oxygen atoms in total. The van der Waals surface area contributed by atoms with Crippen LogP contribution in [0.1, 0.15) is 33.8 Å². The van der Waals surface area contributed by atoms with Crippen molar-refractivity contribution >= 4 is 46.6 Å². The van der Waals surface area contributed by atoms with Gasteiger partial charge in [0.2, 0.25) is 5.91 Å². The minimum atomic E-state index is -0.191. The maximum Gasteiger partial charge on any atom is 0.255 e. The van der Waals surface area contributed by atoms with Crippen molar-refractivity contribution in [2.75, 3.05) is 16.0 Å². The number of para-hydroxylation sites is 1. The monoisotopic (exact) mass is 436 g/mol. The Morgan fingerprint density at radius 2 is 1.77 bits per heavy atom. The number of hydrogen-bond acceptors (Lipinski definition) is 3. The molecule has 3 aromatic rings. The Labute approximate surface area is 185 Å². The maximum atomic E-state index is 12.7. The summed E-state index contributed by atoms with van der Waals surface area (Å²) < 4.78 is 0. The van der Waals surface area contributed by atoms with Crippen LogP contribution in [0.15, 0.2) is 72.8 Å². The number of halogens is 1. The Balaban J connectivity index is 1.53. The molecule has 6 heteroatoms. The predicted molar refractivity (Wildman–Crippen MR) is 124 cm³/mol. The van der Waals surface area contributed by atoms with Crippen molar-refractivity contribution in [1.29, 1.82) is 0 Å². The highest BCUT2D eigenvalue weighted by Gasteiger charge is 2.34. The lowest BCUT2D eigenvalue weighted by molar-refractivity contribution is -0.115. The standard InChI is InChI=1S/C24H21ClN2O2S/c1-2-16-5-3-4-6-21(16)27-22(28)15-30-24(27)18-9-13-20(14-10-18)26-23(29)17-7-11-19(25)12-8-17/h3-14,24H,2,15H2,1H3,(H,26,29). The van der Waals surface area contributed by atoms with Gasteiger partial charge in [0, 0.05) is 22.0 Å². The third-order valence-electron chi connectivity index (χ3n) is 5.06. The van der Waals surface area contributed by atoms with Crippen molar-refractivity contribution in [3.05, 3.63) is 94.5 Å². The summed E-state index contributed by atoms with van der Waals surface area (Å²) in [5.41, 5.74) is 4.41. The molecule has 152 valence electrons. The molecule has 1 aliphatic heterocycles. The van der Waals surface area contributed by atoms with E-state index in [2.05, 4.69) is 18.3 Å². The van der Waals surface area contributed by atoms with Crippen molar-refractivity contribution < 1.29 is 9.59 Å². The van der Waals surface area contributed by atoms with Gasteiger partial charge in [0.05, 0.1) is 5.75 Å². The summed E-state index contributed by atoms with van der Waals surface area (Å²) >= 11 is 7.50. The highest BCUT2D eigenvalue weighted by atomic mass is 35.5. The van der Waals surface area contributed by atoms with Gasteiger partial charge in [-0.15, -0.1) is 11.8 Å². The number of benzene rings is 3. The first-order valence-corrected chi connectivity index (χ1v) is 11.2. The first kappa shape index (κ1) is 20.5. The molecule has 0 aliphatic carbocycles. The zero-order valence-corrected chi connectivity index (χ0v) is 18.0. The third kappa shape index (κ3) is 4.23. The quantitative estimate of drug-likeness (QED) is 0.539. The van der Waals surface area contributed by atoms with Gasteiger partial charge in [-0.1, -0.05) is 48.9 Å². The van der Waals surface area contributed by atoms with E-state index in [1.54, 1.807) is 36.0 Å². The van der Waals surface area contributed by atoms with Crippen LogP contribution in [0.4, 0.5) is 11.4 Å². The normalized spacial score (nSPS) is 16.0. The minimum absolute atomic E-state index is 0.0776. The van der Waals surface area contributed by atoms with E-state index in [4.69, 9.17) is 11.6 Å². The highest BCUT2D eigenvalue weighted by molar-refractivity contribution is 8.00. The fourth-order valence-corrected chi connectivity index (χ4v) is 4.81. The number of nitrogens with one attached hydrogen (secondary N) is 1. The largest absolute Gasteiger partial charge is 0.322 e. The van der Waals surface area contributed by atoms with Crippen LogP contribution < -0.4 is 10.2 Å². The lowest BCUT2D eigenvalue weighted by atomic mass is 10.1. The van der Waals surface area contributed by atoms with Gasteiger partial charge in [0.15, 0.2) is 0 Å². The summed E-state index contributed by atoms with van der Waals surface area (Å²) in [7, 11) is 0. The zero-order valence-electron chi connectivity index (χ0n) is 16.5. The highest BCUT2D eigenvalue weighted by Crippen LogP contribution is 2.43. The second-order valence-electron chi connectivity index (χ2n) is 6.99. The SMILES string of the molecule is CCc1ccccc1N1C(=O)CSC1c1ccc(NC(=O)c2ccc(Cl)cc2)cc1. The third-order valence-corrected chi connectivity index (χ3v) is 6.52. The molecule has 2 amide bonds. The summed E-state index contributed by atoms with van der Waals surface area (Å²) in [4.78, 5) is 27.0. The van der Waals surface area contributed by atoms with Gasteiger partial charge >= 0.3 is 0 Å². The molecule has 1 N–H and O–H groups in total. The molecular formula is C24H21ClN2O2S. The number of anilines is 2. The molecule has 4 rings (SSSR count). The molecule has 30 heavy (non-hydrogen) atoms. The average Bonchev–Trinajstić information content (AvgIpc) is 3.15. The number of aryl methyl sites for hydroxylation is 1. The summed E-state index contributed by atoms with van der Waals surface area (Å²) in [6.45, 7) is 2.10. The molecule has 1 atom stereocenters. The Bertz CT molecular complexity index is 1070. The second-order valence-corrected chi connectivity index (χ2v) is 8.50. The average molecular weight is 437 g/mol. The van der Waals surface area contributed by atoms with E-state index in [1.807, 2.05) is 47.4 Å². The zero-order chi connectivity index (χ0) is 21.1. The molecule has 1 unspecified atom stereocenters. The van der Waals surface area contributed by atoms with Crippen LogP contribution in [0.5, 0.6) is 0 Å². The van der Waals surface area contributed by atoms with Crippen LogP contribution >= 0.6 is 23.4 Å². The first-order chi connectivity index (χ1) is 14.6. The van der Waals surface area contributed by atoms with Gasteiger partial charge in [-0.05, 0) is 60.0 Å². The molecule has 0 aromatic heterocycles. The van der Waals surface area contributed by atoms with E-state index < -0.39 is 0 Å². The number of rotatable bonds is 5. The fourth-order valence-electron chi connectivity index (χ4n) is 3.51. The van der Waals surface area contributed by atoms with Crippen molar-refractivity contribution in [2.24, 2.45) is 0 Å². The number of carbonyl (C=O) groups excluding carboxylic acids is 2. The maximum absolute atomic E-state index is 12.7. The van der Waals surface area contributed by atoms with Crippen molar-refractivity contribution in [2.45, 2.75) is 18.7 Å². The van der Waals surface area contributed by atoms with Crippen LogP contribution in [0, 0.1) is 0 Å². The lowest BCUT2D eigenvalue weighted by Gasteiger charge is -2.26. The minimum Gasteiger partial charge on any atom is -0.322 e. The van der Waals surface area contributed by atoms with Gasteiger partial charge in [-0.25, -0.2) is 0 Å². The molecule has 1 aliphatic rings. The first-order valence-electron chi connectivity index (χ1n) is 9.75. The molecule has 0 saturated carbocycles.